The van der Waals surface area contributed by atoms with Crippen LogP contribution in [0.3, 0.4) is 0 Å². The monoisotopic (exact) mass is 360 g/mol. The standard InChI is InChI=1S/C19H29BN2O4/c1-18(2)19(3,4)26-20(25-18)16(22-17(24)13-21-14-23)12-8-11-15-9-6-5-7-10-15/h5-7,9-10,14,16H,8,11-13H2,1-4H3,(H,21,23)(H,22,24). The number of aryl methyl sites for hydroxylation is 1. The summed E-state index contributed by atoms with van der Waals surface area (Å²) < 4.78 is 12.2. The van der Waals surface area contributed by atoms with Crippen molar-refractivity contribution in [1.82, 2.24) is 10.6 Å². The van der Waals surface area contributed by atoms with Gasteiger partial charge in [0.25, 0.3) is 0 Å². The highest BCUT2D eigenvalue weighted by atomic mass is 16.7. The Morgan fingerprint density at radius 2 is 1.77 bits per heavy atom. The molecule has 1 aliphatic rings. The fraction of sp³-hybridized carbons (Fsp3) is 0.579. The van der Waals surface area contributed by atoms with Crippen molar-refractivity contribution in [1.29, 1.82) is 0 Å². The summed E-state index contributed by atoms with van der Waals surface area (Å²) in [5.74, 6) is -0.530. The van der Waals surface area contributed by atoms with E-state index in [2.05, 4.69) is 22.8 Å². The van der Waals surface area contributed by atoms with Crippen molar-refractivity contribution in [2.45, 2.75) is 64.1 Å². The van der Waals surface area contributed by atoms with Crippen LogP contribution < -0.4 is 10.6 Å². The van der Waals surface area contributed by atoms with E-state index in [1.807, 2.05) is 45.9 Å². The summed E-state index contributed by atoms with van der Waals surface area (Å²) in [7, 11) is -0.518. The Kier molecular flexibility index (Phi) is 6.84. The van der Waals surface area contributed by atoms with E-state index in [1.165, 1.54) is 5.56 Å². The molecule has 1 aromatic carbocycles. The lowest BCUT2D eigenvalue weighted by molar-refractivity contribution is -0.122. The Morgan fingerprint density at radius 3 is 2.35 bits per heavy atom. The Hall–Kier alpha value is -1.86. The van der Waals surface area contributed by atoms with Crippen molar-refractivity contribution in [2.24, 2.45) is 0 Å². The zero-order valence-electron chi connectivity index (χ0n) is 16.1. The van der Waals surface area contributed by atoms with E-state index in [1.54, 1.807) is 0 Å². The van der Waals surface area contributed by atoms with Gasteiger partial charge in [-0.15, -0.1) is 0 Å². The third-order valence-electron chi connectivity index (χ3n) is 5.12. The summed E-state index contributed by atoms with van der Waals surface area (Å²) in [6.07, 6.45) is 3.04. The van der Waals surface area contributed by atoms with E-state index in [-0.39, 0.29) is 18.4 Å². The number of benzene rings is 1. The van der Waals surface area contributed by atoms with Gasteiger partial charge in [-0.05, 0) is 52.5 Å². The minimum Gasteiger partial charge on any atom is -0.402 e. The first-order chi connectivity index (χ1) is 12.2. The van der Waals surface area contributed by atoms with Gasteiger partial charge in [0.2, 0.25) is 12.3 Å². The molecule has 0 bridgehead atoms. The maximum absolute atomic E-state index is 12.1. The Morgan fingerprint density at radius 1 is 1.15 bits per heavy atom. The fourth-order valence-electron chi connectivity index (χ4n) is 2.89. The smallest absolute Gasteiger partial charge is 0.402 e. The average Bonchev–Trinajstić information content (AvgIpc) is 2.81. The molecular formula is C19H29BN2O4. The van der Waals surface area contributed by atoms with Crippen LogP contribution >= 0.6 is 0 Å². The summed E-state index contributed by atoms with van der Waals surface area (Å²) in [6.45, 7) is 7.90. The molecule has 2 rings (SSSR count). The Balaban J connectivity index is 1.99. The second-order valence-corrected chi connectivity index (χ2v) is 7.68. The predicted molar refractivity (Wildman–Crippen MR) is 101 cm³/mol. The van der Waals surface area contributed by atoms with Crippen molar-refractivity contribution in [3.63, 3.8) is 0 Å². The lowest BCUT2D eigenvalue weighted by Crippen LogP contribution is -2.50. The van der Waals surface area contributed by atoms with Gasteiger partial charge in [0.05, 0.1) is 23.7 Å². The maximum Gasteiger partial charge on any atom is 0.481 e. The normalized spacial score (nSPS) is 19.0. The molecule has 1 unspecified atom stereocenters. The molecule has 6 nitrogen and oxygen atoms in total. The largest absolute Gasteiger partial charge is 0.481 e. The molecule has 0 radical (unpaired) electrons. The van der Waals surface area contributed by atoms with Crippen LogP contribution in [0.5, 0.6) is 0 Å². The first-order valence-electron chi connectivity index (χ1n) is 9.11. The van der Waals surface area contributed by atoms with Crippen molar-refractivity contribution in [3.05, 3.63) is 35.9 Å². The summed E-state index contributed by atoms with van der Waals surface area (Å²) >= 11 is 0. The second kappa shape index (κ2) is 8.69. The number of nitrogens with one attached hydrogen (secondary N) is 2. The van der Waals surface area contributed by atoms with Crippen LogP contribution in [0.1, 0.15) is 46.1 Å². The molecule has 1 heterocycles. The van der Waals surface area contributed by atoms with Gasteiger partial charge in [0.15, 0.2) is 0 Å². The van der Waals surface area contributed by atoms with Crippen LogP contribution in [0.15, 0.2) is 30.3 Å². The molecule has 0 aliphatic carbocycles. The van der Waals surface area contributed by atoms with E-state index < -0.39 is 18.3 Å². The summed E-state index contributed by atoms with van der Waals surface area (Å²) in [5, 5.41) is 5.33. The lowest BCUT2D eigenvalue weighted by atomic mass is 9.75. The molecule has 7 heteroatoms. The third kappa shape index (κ3) is 5.32. The summed E-state index contributed by atoms with van der Waals surface area (Å²) in [4.78, 5) is 22.5. The zero-order chi connectivity index (χ0) is 19.2. The molecule has 1 saturated heterocycles. The summed E-state index contributed by atoms with van der Waals surface area (Å²) in [6, 6.07) is 10.2. The van der Waals surface area contributed by atoms with E-state index in [0.29, 0.717) is 6.41 Å². The molecule has 142 valence electrons. The van der Waals surface area contributed by atoms with Gasteiger partial charge >= 0.3 is 7.12 Å². The highest BCUT2D eigenvalue weighted by molar-refractivity contribution is 6.48. The SMILES string of the molecule is CC1(C)OB(C(CCCc2ccccc2)NC(=O)CNC=O)OC1(C)C. The number of carbonyl (C=O) groups is 2. The molecular weight excluding hydrogens is 331 g/mol. The number of rotatable bonds is 9. The van der Waals surface area contributed by atoms with Crippen LogP contribution in [0.25, 0.3) is 0 Å². The van der Waals surface area contributed by atoms with Crippen molar-refractivity contribution < 1.29 is 18.9 Å². The molecule has 26 heavy (non-hydrogen) atoms. The van der Waals surface area contributed by atoms with Crippen LogP contribution in [0.2, 0.25) is 0 Å². The van der Waals surface area contributed by atoms with Gasteiger partial charge in [-0.3, -0.25) is 9.59 Å². The van der Waals surface area contributed by atoms with E-state index in [4.69, 9.17) is 9.31 Å². The highest BCUT2D eigenvalue weighted by Crippen LogP contribution is 2.38. The minimum absolute atomic E-state index is 0.0574. The van der Waals surface area contributed by atoms with Gasteiger partial charge in [0, 0.05) is 0 Å². The first kappa shape index (κ1) is 20.5. The van der Waals surface area contributed by atoms with Crippen molar-refractivity contribution in [3.8, 4) is 0 Å². The van der Waals surface area contributed by atoms with Gasteiger partial charge < -0.3 is 19.9 Å². The molecule has 1 aliphatic heterocycles. The van der Waals surface area contributed by atoms with E-state index in [9.17, 15) is 9.59 Å². The number of hydrogen-bond acceptors (Lipinski definition) is 4. The molecule has 2 N–H and O–H groups in total. The van der Waals surface area contributed by atoms with Gasteiger partial charge in [-0.25, -0.2) is 0 Å². The fourth-order valence-corrected chi connectivity index (χ4v) is 2.89. The average molecular weight is 360 g/mol. The number of amides is 2. The molecule has 0 spiro atoms. The minimum atomic E-state index is -0.518. The predicted octanol–water partition coefficient (Wildman–Crippen LogP) is 1.87. The second-order valence-electron chi connectivity index (χ2n) is 7.68. The Bertz CT molecular complexity index is 591. The van der Waals surface area contributed by atoms with Gasteiger partial charge in [-0.2, -0.15) is 0 Å². The number of hydrogen-bond donors (Lipinski definition) is 2. The van der Waals surface area contributed by atoms with Crippen molar-refractivity contribution >= 4 is 19.4 Å². The molecule has 1 atom stereocenters. The summed E-state index contributed by atoms with van der Waals surface area (Å²) in [5.41, 5.74) is 0.344. The molecule has 1 fully saturated rings. The topological polar surface area (TPSA) is 76.7 Å². The van der Waals surface area contributed by atoms with Crippen molar-refractivity contribution in [2.75, 3.05) is 6.54 Å². The van der Waals surface area contributed by atoms with Crippen LogP contribution in [0.4, 0.5) is 0 Å². The zero-order valence-corrected chi connectivity index (χ0v) is 16.1. The molecule has 1 aromatic rings. The lowest BCUT2D eigenvalue weighted by Gasteiger charge is -2.32. The van der Waals surface area contributed by atoms with Crippen LogP contribution in [-0.4, -0.2) is 43.1 Å². The quantitative estimate of drug-likeness (QED) is 0.521. The highest BCUT2D eigenvalue weighted by Gasteiger charge is 2.53. The van der Waals surface area contributed by atoms with E-state index in [0.717, 1.165) is 19.3 Å². The van der Waals surface area contributed by atoms with Crippen LogP contribution in [-0.2, 0) is 25.3 Å². The van der Waals surface area contributed by atoms with Gasteiger partial charge in [0.1, 0.15) is 0 Å². The number of carbonyl (C=O) groups excluding carboxylic acids is 2. The Labute approximate surface area is 156 Å². The maximum atomic E-state index is 12.1. The molecule has 0 aromatic heterocycles. The van der Waals surface area contributed by atoms with Crippen LogP contribution in [0, 0.1) is 0 Å². The first-order valence-corrected chi connectivity index (χ1v) is 9.11. The molecule has 2 amide bonds. The van der Waals surface area contributed by atoms with E-state index >= 15 is 0 Å². The third-order valence-corrected chi connectivity index (χ3v) is 5.12. The van der Waals surface area contributed by atoms with Gasteiger partial charge in [-0.1, -0.05) is 30.3 Å². The molecule has 0 saturated carbocycles.